The van der Waals surface area contributed by atoms with E-state index in [0.717, 1.165) is 11.1 Å². The lowest BCUT2D eigenvalue weighted by Gasteiger charge is -2.04. The second kappa shape index (κ2) is 4.62. The minimum absolute atomic E-state index is 0.0320. The first-order valence-electron chi connectivity index (χ1n) is 4.13. The molecule has 0 saturated carbocycles. The topological polar surface area (TPSA) is 57.5 Å². The van der Waals surface area contributed by atoms with Gasteiger partial charge < -0.3 is 10.2 Å². The molecule has 0 aromatic heterocycles. The SMILES string of the molecule is O=C(O)CCc1ccccc1CO. The third-order valence-electron chi connectivity index (χ3n) is 1.90. The summed E-state index contributed by atoms with van der Waals surface area (Å²) in [5, 5.41) is 17.4. The summed E-state index contributed by atoms with van der Waals surface area (Å²) in [5.74, 6) is -0.812. The first kappa shape index (κ1) is 9.74. The van der Waals surface area contributed by atoms with Crippen LogP contribution in [0.3, 0.4) is 0 Å². The third kappa shape index (κ3) is 2.87. The van der Waals surface area contributed by atoms with Crippen molar-refractivity contribution < 1.29 is 15.0 Å². The maximum Gasteiger partial charge on any atom is 0.303 e. The summed E-state index contributed by atoms with van der Waals surface area (Å²) in [4.78, 5) is 10.3. The van der Waals surface area contributed by atoms with E-state index >= 15 is 0 Å². The Kier molecular flexibility index (Phi) is 3.46. The molecule has 0 aliphatic rings. The van der Waals surface area contributed by atoms with Gasteiger partial charge in [-0.25, -0.2) is 0 Å². The first-order valence-corrected chi connectivity index (χ1v) is 4.13. The van der Waals surface area contributed by atoms with E-state index in [1.165, 1.54) is 0 Å². The van der Waals surface area contributed by atoms with Gasteiger partial charge >= 0.3 is 5.97 Å². The molecule has 0 saturated heterocycles. The van der Waals surface area contributed by atoms with Crippen molar-refractivity contribution in [1.82, 2.24) is 0 Å². The van der Waals surface area contributed by atoms with Crippen LogP contribution in [0.25, 0.3) is 0 Å². The predicted octanol–water partition coefficient (Wildman–Crippen LogP) is 1.20. The Bertz CT molecular complexity index is 294. The van der Waals surface area contributed by atoms with Gasteiger partial charge in [-0.15, -0.1) is 0 Å². The third-order valence-corrected chi connectivity index (χ3v) is 1.90. The van der Waals surface area contributed by atoms with Gasteiger partial charge in [0, 0.05) is 6.42 Å². The zero-order valence-electron chi connectivity index (χ0n) is 7.23. The van der Waals surface area contributed by atoms with Gasteiger partial charge in [-0.3, -0.25) is 4.79 Å². The lowest BCUT2D eigenvalue weighted by atomic mass is 10.0. The summed E-state index contributed by atoms with van der Waals surface area (Å²) in [6, 6.07) is 7.32. The van der Waals surface area contributed by atoms with Crippen LogP contribution in [0.4, 0.5) is 0 Å². The lowest BCUT2D eigenvalue weighted by molar-refractivity contribution is -0.136. The monoisotopic (exact) mass is 180 g/mol. The summed E-state index contributed by atoms with van der Waals surface area (Å²) in [7, 11) is 0. The van der Waals surface area contributed by atoms with Crippen molar-refractivity contribution in [3.8, 4) is 0 Å². The van der Waals surface area contributed by atoms with E-state index in [9.17, 15) is 4.79 Å². The van der Waals surface area contributed by atoms with Crippen LogP contribution in [0, 0.1) is 0 Å². The maximum atomic E-state index is 10.3. The molecule has 0 aliphatic carbocycles. The molecule has 0 unspecified atom stereocenters. The van der Waals surface area contributed by atoms with Gasteiger partial charge in [0.1, 0.15) is 0 Å². The van der Waals surface area contributed by atoms with Crippen LogP contribution in [-0.4, -0.2) is 16.2 Å². The van der Waals surface area contributed by atoms with E-state index in [2.05, 4.69) is 0 Å². The van der Waals surface area contributed by atoms with E-state index in [1.54, 1.807) is 6.07 Å². The van der Waals surface area contributed by atoms with Crippen molar-refractivity contribution in [1.29, 1.82) is 0 Å². The summed E-state index contributed by atoms with van der Waals surface area (Å²) >= 11 is 0. The molecule has 0 spiro atoms. The van der Waals surface area contributed by atoms with Crippen molar-refractivity contribution in [2.45, 2.75) is 19.4 Å². The number of carboxylic acids is 1. The van der Waals surface area contributed by atoms with Gasteiger partial charge in [-0.05, 0) is 17.5 Å². The number of aryl methyl sites for hydroxylation is 1. The van der Waals surface area contributed by atoms with Gasteiger partial charge in [0.2, 0.25) is 0 Å². The largest absolute Gasteiger partial charge is 0.481 e. The van der Waals surface area contributed by atoms with Crippen molar-refractivity contribution >= 4 is 5.97 Å². The van der Waals surface area contributed by atoms with Crippen LogP contribution in [0.15, 0.2) is 24.3 Å². The number of hydrogen-bond acceptors (Lipinski definition) is 2. The zero-order chi connectivity index (χ0) is 9.68. The van der Waals surface area contributed by atoms with Crippen LogP contribution in [0.2, 0.25) is 0 Å². The fourth-order valence-electron chi connectivity index (χ4n) is 1.20. The highest BCUT2D eigenvalue weighted by atomic mass is 16.4. The summed E-state index contributed by atoms with van der Waals surface area (Å²) in [5.41, 5.74) is 1.72. The molecule has 70 valence electrons. The molecule has 0 bridgehead atoms. The molecule has 0 radical (unpaired) electrons. The minimum atomic E-state index is -0.812. The van der Waals surface area contributed by atoms with Crippen molar-refractivity contribution in [3.05, 3.63) is 35.4 Å². The highest BCUT2D eigenvalue weighted by Crippen LogP contribution is 2.10. The number of benzene rings is 1. The molecular weight excluding hydrogens is 168 g/mol. The van der Waals surface area contributed by atoms with Gasteiger partial charge in [0.05, 0.1) is 6.61 Å². The Morgan fingerprint density at radius 1 is 1.23 bits per heavy atom. The molecule has 0 atom stereocenters. The molecule has 1 aromatic carbocycles. The lowest BCUT2D eigenvalue weighted by Crippen LogP contribution is -2.00. The van der Waals surface area contributed by atoms with Crippen LogP contribution in [-0.2, 0) is 17.8 Å². The summed E-state index contributed by atoms with van der Waals surface area (Å²) < 4.78 is 0. The number of aliphatic hydroxyl groups is 1. The molecule has 2 N–H and O–H groups in total. The molecule has 1 aromatic rings. The van der Waals surface area contributed by atoms with E-state index in [4.69, 9.17) is 10.2 Å². The van der Waals surface area contributed by atoms with E-state index in [-0.39, 0.29) is 13.0 Å². The Balaban J connectivity index is 2.69. The highest BCUT2D eigenvalue weighted by molar-refractivity contribution is 5.67. The molecule has 1 rings (SSSR count). The van der Waals surface area contributed by atoms with Crippen LogP contribution < -0.4 is 0 Å². The second-order valence-corrected chi connectivity index (χ2v) is 2.82. The second-order valence-electron chi connectivity index (χ2n) is 2.82. The van der Waals surface area contributed by atoms with Crippen molar-refractivity contribution in [2.24, 2.45) is 0 Å². The molecule has 3 heteroatoms. The fraction of sp³-hybridized carbons (Fsp3) is 0.300. The zero-order valence-corrected chi connectivity index (χ0v) is 7.23. The Labute approximate surface area is 76.6 Å². The highest BCUT2D eigenvalue weighted by Gasteiger charge is 2.02. The number of hydrogen-bond donors (Lipinski definition) is 2. The van der Waals surface area contributed by atoms with E-state index in [0.29, 0.717) is 6.42 Å². The average Bonchev–Trinajstić information content (AvgIpc) is 2.15. The van der Waals surface area contributed by atoms with Gasteiger partial charge in [-0.2, -0.15) is 0 Å². The number of aliphatic carboxylic acids is 1. The quantitative estimate of drug-likeness (QED) is 0.731. The molecule has 13 heavy (non-hydrogen) atoms. The molecule has 3 nitrogen and oxygen atoms in total. The number of rotatable bonds is 4. The van der Waals surface area contributed by atoms with Gasteiger partial charge in [0.15, 0.2) is 0 Å². The summed E-state index contributed by atoms with van der Waals surface area (Å²) in [6.45, 7) is -0.0320. The van der Waals surface area contributed by atoms with Gasteiger partial charge in [0.25, 0.3) is 0 Å². The Morgan fingerprint density at radius 3 is 2.38 bits per heavy atom. The Hall–Kier alpha value is -1.35. The number of carbonyl (C=O) groups is 1. The Morgan fingerprint density at radius 2 is 1.85 bits per heavy atom. The fourth-order valence-corrected chi connectivity index (χ4v) is 1.20. The standard InChI is InChI=1S/C10H12O3/c11-7-9-4-2-1-3-8(9)5-6-10(12)13/h1-4,11H,5-7H2,(H,12,13). The number of carboxylic acid groups (broad SMARTS) is 1. The smallest absolute Gasteiger partial charge is 0.303 e. The molecular formula is C10H12O3. The minimum Gasteiger partial charge on any atom is -0.481 e. The van der Waals surface area contributed by atoms with Crippen molar-refractivity contribution in [2.75, 3.05) is 0 Å². The molecule has 0 aliphatic heterocycles. The summed E-state index contributed by atoms with van der Waals surface area (Å²) in [6.07, 6.45) is 0.586. The van der Waals surface area contributed by atoms with Gasteiger partial charge in [-0.1, -0.05) is 24.3 Å². The predicted molar refractivity (Wildman–Crippen MR) is 48.3 cm³/mol. The normalized spacial score (nSPS) is 9.92. The van der Waals surface area contributed by atoms with Crippen molar-refractivity contribution in [3.63, 3.8) is 0 Å². The maximum absolute atomic E-state index is 10.3. The molecule has 0 amide bonds. The van der Waals surface area contributed by atoms with E-state index < -0.39 is 5.97 Å². The van der Waals surface area contributed by atoms with Crippen LogP contribution in [0.5, 0.6) is 0 Å². The first-order chi connectivity index (χ1) is 6.24. The number of aliphatic hydroxyl groups excluding tert-OH is 1. The van der Waals surface area contributed by atoms with Crippen LogP contribution in [0.1, 0.15) is 17.5 Å². The average molecular weight is 180 g/mol. The molecule has 0 heterocycles. The molecule has 0 fully saturated rings. The van der Waals surface area contributed by atoms with E-state index in [1.807, 2.05) is 18.2 Å². The van der Waals surface area contributed by atoms with Crippen LogP contribution >= 0.6 is 0 Å².